The number of nitrogens with zero attached hydrogens (tertiary/aromatic N) is 2. The minimum atomic E-state index is -0.344. The molecule has 7 heteroatoms. The summed E-state index contributed by atoms with van der Waals surface area (Å²) < 4.78 is 11.6. The summed E-state index contributed by atoms with van der Waals surface area (Å²) in [5.41, 5.74) is 0. The average molecular weight is 352 g/mol. The van der Waals surface area contributed by atoms with Gasteiger partial charge in [0.2, 0.25) is 5.95 Å². The van der Waals surface area contributed by atoms with Crippen LogP contribution in [0, 0.1) is 0 Å². The van der Waals surface area contributed by atoms with Crippen LogP contribution in [0.25, 0.3) is 0 Å². The molecule has 0 atom stereocenters. The van der Waals surface area contributed by atoms with E-state index in [4.69, 9.17) is 9.47 Å². The summed E-state index contributed by atoms with van der Waals surface area (Å²) in [7, 11) is 0. The Labute approximate surface area is 130 Å². The maximum atomic E-state index is 11.8. The van der Waals surface area contributed by atoms with Crippen molar-refractivity contribution in [3.05, 3.63) is 41.1 Å². The van der Waals surface area contributed by atoms with Gasteiger partial charge in [-0.25, -0.2) is 9.97 Å². The fraction of sp³-hybridized carbons (Fsp3) is 0.214. The molecule has 1 amide bonds. The van der Waals surface area contributed by atoms with Gasteiger partial charge in [0.25, 0.3) is 5.91 Å². The Morgan fingerprint density at radius 3 is 2.43 bits per heavy atom. The molecule has 110 valence electrons. The van der Waals surface area contributed by atoms with Crippen LogP contribution in [0.1, 0.15) is 6.92 Å². The molecule has 0 radical (unpaired) electrons. The molecule has 0 aliphatic rings. The van der Waals surface area contributed by atoms with Crippen molar-refractivity contribution in [2.75, 3.05) is 18.5 Å². The standard InChI is InChI=1S/C14H14BrN3O3/c1-2-20-11-5-3-4-6-12(11)21-9-13(19)18-14-16-7-10(15)8-17-14/h3-8H,2,9H2,1H3,(H,16,17,18,19). The number of para-hydroxylation sites is 2. The van der Waals surface area contributed by atoms with Crippen molar-refractivity contribution >= 4 is 27.8 Å². The van der Waals surface area contributed by atoms with Crippen molar-refractivity contribution in [1.29, 1.82) is 0 Å². The van der Waals surface area contributed by atoms with Gasteiger partial charge in [0.1, 0.15) is 0 Å². The van der Waals surface area contributed by atoms with Crippen LogP contribution in [0.2, 0.25) is 0 Å². The van der Waals surface area contributed by atoms with Gasteiger partial charge in [-0.2, -0.15) is 0 Å². The van der Waals surface area contributed by atoms with Crippen molar-refractivity contribution in [2.45, 2.75) is 6.92 Å². The van der Waals surface area contributed by atoms with E-state index in [2.05, 4.69) is 31.2 Å². The van der Waals surface area contributed by atoms with Crippen LogP contribution in [0.15, 0.2) is 41.1 Å². The molecule has 1 N–H and O–H groups in total. The van der Waals surface area contributed by atoms with Gasteiger partial charge >= 0.3 is 0 Å². The number of ether oxygens (including phenoxy) is 2. The molecule has 1 aromatic carbocycles. The molecular weight excluding hydrogens is 338 g/mol. The first-order valence-electron chi connectivity index (χ1n) is 6.31. The van der Waals surface area contributed by atoms with E-state index in [1.165, 1.54) is 0 Å². The molecule has 0 unspecified atom stereocenters. The first kappa shape index (κ1) is 15.2. The van der Waals surface area contributed by atoms with Crippen LogP contribution in [0.5, 0.6) is 11.5 Å². The third kappa shape index (κ3) is 4.71. The molecule has 0 saturated carbocycles. The summed E-state index contributed by atoms with van der Waals surface area (Å²) in [5, 5.41) is 2.54. The van der Waals surface area contributed by atoms with Gasteiger partial charge in [0, 0.05) is 12.4 Å². The normalized spacial score (nSPS) is 10.0. The average Bonchev–Trinajstić information content (AvgIpc) is 2.49. The van der Waals surface area contributed by atoms with Gasteiger partial charge in [-0.05, 0) is 35.0 Å². The molecule has 21 heavy (non-hydrogen) atoms. The Balaban J connectivity index is 1.90. The monoisotopic (exact) mass is 351 g/mol. The van der Waals surface area contributed by atoms with Gasteiger partial charge in [-0.1, -0.05) is 12.1 Å². The van der Waals surface area contributed by atoms with Gasteiger partial charge in [-0.15, -0.1) is 0 Å². The van der Waals surface area contributed by atoms with E-state index in [0.29, 0.717) is 18.1 Å². The lowest BCUT2D eigenvalue weighted by atomic mass is 10.3. The summed E-state index contributed by atoms with van der Waals surface area (Å²) in [5.74, 6) is 1.01. The number of benzene rings is 1. The fourth-order valence-corrected chi connectivity index (χ4v) is 1.73. The third-order valence-electron chi connectivity index (χ3n) is 2.38. The maximum absolute atomic E-state index is 11.8. The number of rotatable bonds is 6. The smallest absolute Gasteiger partial charge is 0.264 e. The number of hydrogen-bond acceptors (Lipinski definition) is 5. The summed E-state index contributed by atoms with van der Waals surface area (Å²) in [6, 6.07) is 7.18. The van der Waals surface area contributed by atoms with E-state index in [1.54, 1.807) is 24.5 Å². The third-order valence-corrected chi connectivity index (χ3v) is 2.79. The summed E-state index contributed by atoms with van der Waals surface area (Å²) in [4.78, 5) is 19.7. The molecule has 1 heterocycles. The highest BCUT2D eigenvalue weighted by Gasteiger charge is 2.08. The second kappa shape index (κ2) is 7.58. The Hall–Kier alpha value is -2.15. The van der Waals surface area contributed by atoms with E-state index >= 15 is 0 Å². The van der Waals surface area contributed by atoms with Crippen molar-refractivity contribution in [3.8, 4) is 11.5 Å². The first-order chi connectivity index (χ1) is 10.2. The lowest BCUT2D eigenvalue weighted by Crippen LogP contribution is -2.21. The second-order valence-electron chi connectivity index (χ2n) is 3.94. The highest BCUT2D eigenvalue weighted by Crippen LogP contribution is 2.26. The zero-order valence-electron chi connectivity index (χ0n) is 11.4. The molecule has 0 aliphatic carbocycles. The highest BCUT2D eigenvalue weighted by atomic mass is 79.9. The fourth-order valence-electron chi connectivity index (χ4n) is 1.53. The minimum absolute atomic E-state index is 0.149. The SMILES string of the molecule is CCOc1ccccc1OCC(=O)Nc1ncc(Br)cn1. The maximum Gasteiger partial charge on any atom is 0.264 e. The minimum Gasteiger partial charge on any atom is -0.490 e. The van der Waals surface area contributed by atoms with E-state index < -0.39 is 0 Å². The number of carbonyl (C=O) groups excluding carboxylic acids is 1. The number of anilines is 1. The number of nitrogens with one attached hydrogen (secondary N) is 1. The molecule has 0 aliphatic heterocycles. The molecule has 2 rings (SSSR count). The molecule has 0 spiro atoms. The molecule has 0 saturated heterocycles. The molecule has 1 aromatic heterocycles. The number of aromatic nitrogens is 2. The molecule has 0 bridgehead atoms. The summed E-state index contributed by atoms with van der Waals surface area (Å²) in [6.45, 7) is 2.26. The van der Waals surface area contributed by atoms with Gasteiger partial charge < -0.3 is 9.47 Å². The highest BCUT2D eigenvalue weighted by molar-refractivity contribution is 9.10. The Bertz CT molecular complexity index is 605. The van der Waals surface area contributed by atoms with Crippen molar-refractivity contribution in [2.24, 2.45) is 0 Å². The van der Waals surface area contributed by atoms with Crippen molar-refractivity contribution < 1.29 is 14.3 Å². The van der Waals surface area contributed by atoms with Gasteiger partial charge in [-0.3, -0.25) is 10.1 Å². The quantitative estimate of drug-likeness (QED) is 0.865. The predicted octanol–water partition coefficient (Wildman–Crippen LogP) is 2.66. The number of halogens is 1. The van der Waals surface area contributed by atoms with Gasteiger partial charge in [0.05, 0.1) is 11.1 Å². The second-order valence-corrected chi connectivity index (χ2v) is 4.86. The Morgan fingerprint density at radius 1 is 1.19 bits per heavy atom. The lowest BCUT2D eigenvalue weighted by molar-refractivity contribution is -0.118. The van der Waals surface area contributed by atoms with Crippen LogP contribution >= 0.6 is 15.9 Å². The van der Waals surface area contributed by atoms with Crippen LogP contribution in [0.3, 0.4) is 0 Å². The van der Waals surface area contributed by atoms with E-state index in [0.717, 1.165) is 4.47 Å². The molecule has 6 nitrogen and oxygen atoms in total. The molecule has 0 fully saturated rings. The van der Waals surface area contributed by atoms with Crippen molar-refractivity contribution in [1.82, 2.24) is 9.97 Å². The first-order valence-corrected chi connectivity index (χ1v) is 7.10. The lowest BCUT2D eigenvalue weighted by Gasteiger charge is -2.11. The van der Waals surface area contributed by atoms with E-state index in [9.17, 15) is 4.79 Å². The van der Waals surface area contributed by atoms with E-state index in [-0.39, 0.29) is 18.5 Å². The Morgan fingerprint density at radius 2 is 1.81 bits per heavy atom. The predicted molar refractivity (Wildman–Crippen MR) is 81.5 cm³/mol. The van der Waals surface area contributed by atoms with Crippen LogP contribution in [-0.4, -0.2) is 29.1 Å². The van der Waals surface area contributed by atoms with Gasteiger partial charge in [0.15, 0.2) is 18.1 Å². The van der Waals surface area contributed by atoms with E-state index in [1.807, 2.05) is 19.1 Å². The zero-order chi connectivity index (χ0) is 15.1. The summed E-state index contributed by atoms with van der Waals surface area (Å²) >= 11 is 3.22. The molecular formula is C14H14BrN3O3. The Kier molecular flexibility index (Phi) is 5.51. The zero-order valence-corrected chi connectivity index (χ0v) is 13.0. The topological polar surface area (TPSA) is 73.3 Å². The van der Waals surface area contributed by atoms with Crippen LogP contribution in [0.4, 0.5) is 5.95 Å². The van der Waals surface area contributed by atoms with Crippen molar-refractivity contribution in [3.63, 3.8) is 0 Å². The molecule has 2 aromatic rings. The van der Waals surface area contributed by atoms with Crippen LogP contribution in [-0.2, 0) is 4.79 Å². The van der Waals surface area contributed by atoms with Crippen LogP contribution < -0.4 is 14.8 Å². The number of amides is 1. The number of carbonyl (C=O) groups is 1. The largest absolute Gasteiger partial charge is 0.490 e. The summed E-state index contributed by atoms with van der Waals surface area (Å²) in [6.07, 6.45) is 3.10. The number of hydrogen-bond donors (Lipinski definition) is 1.